The van der Waals surface area contributed by atoms with Crippen molar-refractivity contribution in [2.24, 2.45) is 0 Å². The Kier molecular flexibility index (Phi) is 4.90. The Morgan fingerprint density at radius 3 is 2.56 bits per heavy atom. The Bertz CT molecular complexity index is 885. The van der Waals surface area contributed by atoms with E-state index in [4.69, 9.17) is 5.11 Å². The van der Waals surface area contributed by atoms with Crippen LogP contribution in [0.4, 0.5) is 0 Å². The van der Waals surface area contributed by atoms with Gasteiger partial charge in [0.05, 0.1) is 12.3 Å². The maximum absolute atomic E-state index is 12.2. The number of carbonyl (C=O) groups is 1. The molecule has 1 heterocycles. The van der Waals surface area contributed by atoms with Gasteiger partial charge in [0.1, 0.15) is 0 Å². The van der Waals surface area contributed by atoms with Crippen LogP contribution in [0.5, 0.6) is 0 Å². The molecule has 0 bridgehead atoms. The van der Waals surface area contributed by atoms with E-state index in [9.17, 15) is 4.79 Å². The van der Waals surface area contributed by atoms with Crippen LogP contribution < -0.4 is 5.32 Å². The van der Waals surface area contributed by atoms with Crippen LogP contribution in [0.3, 0.4) is 0 Å². The van der Waals surface area contributed by atoms with Gasteiger partial charge < -0.3 is 10.4 Å². The van der Waals surface area contributed by atoms with Gasteiger partial charge in [-0.3, -0.25) is 4.79 Å². The Labute approximate surface area is 146 Å². The lowest BCUT2D eigenvalue weighted by Crippen LogP contribution is -2.27. The average Bonchev–Trinajstić information content (AvgIpc) is 3.06. The number of carbonyl (C=O) groups excluding carboxylic acids is 1. The van der Waals surface area contributed by atoms with Crippen LogP contribution in [0.2, 0.25) is 0 Å². The number of hydrogen-bond acceptors (Lipinski definition) is 4. The fourth-order valence-electron chi connectivity index (χ4n) is 2.49. The van der Waals surface area contributed by atoms with Crippen molar-refractivity contribution < 1.29 is 9.90 Å². The molecule has 1 amide bonds. The van der Waals surface area contributed by atoms with Gasteiger partial charge in [-0.25, -0.2) is 9.67 Å². The van der Waals surface area contributed by atoms with E-state index in [2.05, 4.69) is 15.4 Å². The van der Waals surface area contributed by atoms with E-state index in [1.807, 2.05) is 62.4 Å². The molecule has 0 fully saturated rings. The summed E-state index contributed by atoms with van der Waals surface area (Å²) in [6.07, 6.45) is 0. The molecule has 0 aliphatic heterocycles. The molecule has 0 spiro atoms. The lowest BCUT2D eigenvalue weighted by Gasteiger charge is -2.07. The minimum absolute atomic E-state index is 0.0746. The third kappa shape index (κ3) is 3.75. The Morgan fingerprint density at radius 1 is 1.12 bits per heavy atom. The second kappa shape index (κ2) is 7.27. The lowest BCUT2D eigenvalue weighted by atomic mass is 10.1. The van der Waals surface area contributed by atoms with E-state index in [0.717, 1.165) is 22.4 Å². The molecule has 128 valence electrons. The number of nitrogens with one attached hydrogen (secondary N) is 1. The predicted octanol–water partition coefficient (Wildman–Crippen LogP) is 2.27. The molecular weight excluding hydrogens is 316 g/mol. The smallest absolute Gasteiger partial charge is 0.291 e. The van der Waals surface area contributed by atoms with Gasteiger partial charge in [0, 0.05) is 12.1 Å². The highest BCUT2D eigenvalue weighted by atomic mass is 16.3. The first kappa shape index (κ1) is 16.9. The molecule has 1 aromatic heterocycles. The monoisotopic (exact) mass is 336 g/mol. The van der Waals surface area contributed by atoms with Gasteiger partial charge in [-0.2, -0.15) is 0 Å². The van der Waals surface area contributed by atoms with Gasteiger partial charge in [-0.1, -0.05) is 41.5 Å². The first-order chi connectivity index (χ1) is 12.1. The highest BCUT2D eigenvalue weighted by molar-refractivity contribution is 5.91. The largest absolute Gasteiger partial charge is 0.395 e. The normalized spacial score (nSPS) is 10.7. The quantitative estimate of drug-likeness (QED) is 0.749. The van der Waals surface area contributed by atoms with Gasteiger partial charge in [0.15, 0.2) is 5.82 Å². The molecule has 0 unspecified atom stereocenters. The molecule has 2 N–H and O–H groups in total. The summed E-state index contributed by atoms with van der Waals surface area (Å²) in [6.45, 7) is 4.05. The number of aliphatic hydroxyl groups excluding tert-OH is 1. The van der Waals surface area contributed by atoms with Gasteiger partial charge in [-0.15, -0.1) is 5.10 Å². The zero-order valence-corrected chi connectivity index (χ0v) is 14.2. The van der Waals surface area contributed by atoms with Crippen molar-refractivity contribution >= 4 is 5.91 Å². The average molecular weight is 336 g/mol. The van der Waals surface area contributed by atoms with Crippen molar-refractivity contribution in [1.29, 1.82) is 0 Å². The third-order valence-corrected chi connectivity index (χ3v) is 3.76. The Balaban J connectivity index is 2.09. The molecule has 2 aromatic carbocycles. The first-order valence-electron chi connectivity index (χ1n) is 8.08. The minimum atomic E-state index is -0.409. The van der Waals surface area contributed by atoms with E-state index in [0.29, 0.717) is 5.82 Å². The van der Waals surface area contributed by atoms with Gasteiger partial charge in [0.25, 0.3) is 5.91 Å². The molecule has 3 rings (SSSR count). The molecular formula is C19H20N4O2. The van der Waals surface area contributed by atoms with E-state index in [1.54, 1.807) is 4.68 Å². The zero-order chi connectivity index (χ0) is 17.8. The number of hydrogen-bond donors (Lipinski definition) is 2. The topological polar surface area (TPSA) is 80.0 Å². The molecule has 6 heteroatoms. The number of aliphatic hydroxyl groups is 1. The number of amides is 1. The van der Waals surface area contributed by atoms with E-state index >= 15 is 0 Å². The fraction of sp³-hybridized carbons (Fsp3) is 0.211. The number of aromatic nitrogens is 3. The maximum atomic E-state index is 12.2. The van der Waals surface area contributed by atoms with Crippen molar-refractivity contribution in [1.82, 2.24) is 20.1 Å². The van der Waals surface area contributed by atoms with Crippen molar-refractivity contribution in [2.45, 2.75) is 13.8 Å². The van der Waals surface area contributed by atoms with Crippen LogP contribution >= 0.6 is 0 Å². The molecule has 6 nitrogen and oxygen atoms in total. The van der Waals surface area contributed by atoms with Crippen molar-refractivity contribution in [3.8, 4) is 17.1 Å². The predicted molar refractivity (Wildman–Crippen MR) is 95.7 cm³/mol. The van der Waals surface area contributed by atoms with E-state index in [1.165, 1.54) is 0 Å². The molecule has 0 aliphatic rings. The number of nitrogens with zero attached hydrogens (tertiary/aromatic N) is 3. The highest BCUT2D eigenvalue weighted by Crippen LogP contribution is 2.22. The standard InChI is InChI=1S/C19H20N4O2/c1-13-6-8-16(9-7-13)23-18(15-5-3-4-14(2)12-15)21-17(22-23)19(25)20-10-11-24/h3-9,12,24H,10-11H2,1-2H3,(H,20,25). The summed E-state index contributed by atoms with van der Waals surface area (Å²) in [5.74, 6) is 0.265. The first-order valence-corrected chi connectivity index (χ1v) is 8.08. The van der Waals surface area contributed by atoms with Crippen LogP contribution in [-0.4, -0.2) is 38.9 Å². The molecule has 0 aliphatic carbocycles. The third-order valence-electron chi connectivity index (χ3n) is 3.76. The van der Waals surface area contributed by atoms with Crippen LogP contribution in [0.1, 0.15) is 21.7 Å². The molecule has 0 atom stereocenters. The van der Waals surface area contributed by atoms with Crippen molar-refractivity contribution in [3.63, 3.8) is 0 Å². The summed E-state index contributed by atoms with van der Waals surface area (Å²) < 4.78 is 1.67. The zero-order valence-electron chi connectivity index (χ0n) is 14.2. The Hall–Kier alpha value is -2.99. The van der Waals surface area contributed by atoms with Crippen LogP contribution in [0, 0.1) is 13.8 Å². The van der Waals surface area contributed by atoms with E-state index in [-0.39, 0.29) is 19.0 Å². The number of aryl methyl sites for hydroxylation is 2. The molecule has 0 radical (unpaired) electrons. The van der Waals surface area contributed by atoms with Gasteiger partial charge in [-0.05, 0) is 32.0 Å². The summed E-state index contributed by atoms with van der Waals surface area (Å²) in [7, 11) is 0. The molecule has 0 saturated carbocycles. The SMILES string of the molecule is Cc1ccc(-n2nc(C(=O)NCCO)nc2-c2cccc(C)c2)cc1. The number of rotatable bonds is 5. The lowest BCUT2D eigenvalue weighted by molar-refractivity contribution is 0.0934. The molecule has 3 aromatic rings. The second-order valence-electron chi connectivity index (χ2n) is 5.86. The summed E-state index contributed by atoms with van der Waals surface area (Å²) >= 11 is 0. The summed E-state index contributed by atoms with van der Waals surface area (Å²) in [6, 6.07) is 15.8. The fourth-order valence-corrected chi connectivity index (χ4v) is 2.49. The van der Waals surface area contributed by atoms with Crippen LogP contribution in [0.25, 0.3) is 17.1 Å². The summed E-state index contributed by atoms with van der Waals surface area (Å²) in [5, 5.41) is 15.8. The maximum Gasteiger partial charge on any atom is 0.291 e. The van der Waals surface area contributed by atoms with Crippen LogP contribution in [-0.2, 0) is 0 Å². The summed E-state index contributed by atoms with van der Waals surface area (Å²) in [5.41, 5.74) is 3.95. The Morgan fingerprint density at radius 2 is 1.88 bits per heavy atom. The molecule has 25 heavy (non-hydrogen) atoms. The van der Waals surface area contributed by atoms with Crippen molar-refractivity contribution in [2.75, 3.05) is 13.2 Å². The van der Waals surface area contributed by atoms with Crippen LogP contribution in [0.15, 0.2) is 48.5 Å². The van der Waals surface area contributed by atoms with Gasteiger partial charge >= 0.3 is 0 Å². The number of benzene rings is 2. The van der Waals surface area contributed by atoms with Gasteiger partial charge in [0.2, 0.25) is 5.82 Å². The highest BCUT2D eigenvalue weighted by Gasteiger charge is 2.18. The van der Waals surface area contributed by atoms with E-state index < -0.39 is 5.91 Å². The minimum Gasteiger partial charge on any atom is -0.395 e. The second-order valence-corrected chi connectivity index (χ2v) is 5.86. The summed E-state index contributed by atoms with van der Waals surface area (Å²) in [4.78, 5) is 16.6. The molecule has 0 saturated heterocycles. The van der Waals surface area contributed by atoms with Crippen molar-refractivity contribution in [3.05, 3.63) is 65.5 Å².